The van der Waals surface area contributed by atoms with Crippen LogP contribution in [0.15, 0.2) is 18.2 Å². The van der Waals surface area contributed by atoms with Crippen LogP contribution in [0.4, 0.5) is 5.69 Å². The minimum Gasteiger partial charge on any atom is -0.372 e. The number of nitrogens with one attached hydrogen (secondary N) is 1. The van der Waals surface area contributed by atoms with Gasteiger partial charge in [-0.3, -0.25) is 0 Å². The number of benzene rings is 1. The van der Waals surface area contributed by atoms with E-state index in [4.69, 9.17) is 11.6 Å². The number of hydrogen-bond donors (Lipinski definition) is 1. The van der Waals surface area contributed by atoms with E-state index in [-0.39, 0.29) is 0 Å². The highest BCUT2D eigenvalue weighted by Gasteiger charge is 2.16. The Morgan fingerprint density at radius 2 is 1.76 bits per heavy atom. The standard InChI is InChI=1S/C18H31ClN2/c1-13(2)10-15(5)21(6)18-9-7-8-17(19)16(18)12-20-11-14(3)4/h7-9,13-15,20H,10-12H2,1-6H3. The zero-order valence-electron chi connectivity index (χ0n) is 14.4. The fourth-order valence-electron chi connectivity index (χ4n) is 2.62. The van der Waals surface area contributed by atoms with Crippen LogP contribution in [0.25, 0.3) is 0 Å². The smallest absolute Gasteiger partial charge is 0.0471 e. The summed E-state index contributed by atoms with van der Waals surface area (Å²) < 4.78 is 0. The van der Waals surface area contributed by atoms with Crippen molar-refractivity contribution in [3.05, 3.63) is 28.8 Å². The summed E-state index contributed by atoms with van der Waals surface area (Å²) in [6.07, 6.45) is 1.18. The molecule has 0 saturated carbocycles. The van der Waals surface area contributed by atoms with Gasteiger partial charge in [-0.25, -0.2) is 0 Å². The summed E-state index contributed by atoms with van der Waals surface area (Å²) in [6, 6.07) is 6.71. The molecule has 21 heavy (non-hydrogen) atoms. The van der Waals surface area contributed by atoms with Crippen molar-refractivity contribution in [2.45, 2.75) is 53.6 Å². The lowest BCUT2D eigenvalue weighted by molar-refractivity contribution is 0.502. The van der Waals surface area contributed by atoms with Crippen molar-refractivity contribution in [3.63, 3.8) is 0 Å². The van der Waals surface area contributed by atoms with Crippen LogP contribution in [0.2, 0.25) is 5.02 Å². The van der Waals surface area contributed by atoms with Crippen LogP contribution in [0.3, 0.4) is 0 Å². The summed E-state index contributed by atoms with van der Waals surface area (Å²) in [6.45, 7) is 13.1. The highest BCUT2D eigenvalue weighted by atomic mass is 35.5. The molecule has 0 aliphatic carbocycles. The van der Waals surface area contributed by atoms with E-state index in [0.717, 1.165) is 18.1 Å². The van der Waals surface area contributed by atoms with E-state index >= 15 is 0 Å². The predicted molar refractivity (Wildman–Crippen MR) is 95.3 cm³/mol. The Kier molecular flexibility index (Phi) is 7.55. The van der Waals surface area contributed by atoms with Gasteiger partial charge in [0.15, 0.2) is 0 Å². The molecule has 1 N–H and O–H groups in total. The third kappa shape index (κ3) is 5.88. The minimum absolute atomic E-state index is 0.507. The lowest BCUT2D eigenvalue weighted by atomic mass is 10.0. The van der Waals surface area contributed by atoms with Gasteiger partial charge in [0, 0.05) is 35.9 Å². The molecular formula is C18H31ClN2. The summed E-state index contributed by atoms with van der Waals surface area (Å²) in [5.74, 6) is 1.35. The zero-order chi connectivity index (χ0) is 16.0. The Morgan fingerprint density at radius 3 is 2.33 bits per heavy atom. The second-order valence-electron chi connectivity index (χ2n) is 6.85. The van der Waals surface area contributed by atoms with Crippen LogP contribution in [-0.2, 0) is 6.54 Å². The first-order valence-electron chi connectivity index (χ1n) is 8.03. The molecule has 0 saturated heterocycles. The van der Waals surface area contributed by atoms with Crippen LogP contribution in [-0.4, -0.2) is 19.6 Å². The third-order valence-corrected chi connectivity index (χ3v) is 4.16. The maximum absolute atomic E-state index is 6.43. The molecule has 1 unspecified atom stereocenters. The van der Waals surface area contributed by atoms with Crippen molar-refractivity contribution in [1.29, 1.82) is 0 Å². The summed E-state index contributed by atoms with van der Waals surface area (Å²) in [4.78, 5) is 2.36. The monoisotopic (exact) mass is 310 g/mol. The predicted octanol–water partition coefficient (Wildman–Crippen LogP) is 4.96. The van der Waals surface area contributed by atoms with Gasteiger partial charge in [0.1, 0.15) is 0 Å². The molecule has 1 atom stereocenters. The van der Waals surface area contributed by atoms with E-state index in [1.807, 2.05) is 12.1 Å². The summed E-state index contributed by atoms with van der Waals surface area (Å²) in [5.41, 5.74) is 2.45. The SMILES string of the molecule is CC(C)CNCc1c(Cl)cccc1N(C)C(C)CC(C)C. The van der Waals surface area contributed by atoms with Gasteiger partial charge in [-0.05, 0) is 43.9 Å². The molecule has 3 heteroatoms. The van der Waals surface area contributed by atoms with Crippen molar-refractivity contribution in [3.8, 4) is 0 Å². The summed E-state index contributed by atoms with van der Waals surface area (Å²) in [5, 5.41) is 4.36. The van der Waals surface area contributed by atoms with Crippen LogP contribution >= 0.6 is 11.6 Å². The Morgan fingerprint density at radius 1 is 1.10 bits per heavy atom. The quantitative estimate of drug-likeness (QED) is 0.730. The summed E-state index contributed by atoms with van der Waals surface area (Å²) >= 11 is 6.43. The van der Waals surface area contributed by atoms with E-state index in [0.29, 0.717) is 17.9 Å². The second kappa shape index (κ2) is 8.65. The van der Waals surface area contributed by atoms with E-state index in [9.17, 15) is 0 Å². The highest BCUT2D eigenvalue weighted by Crippen LogP contribution is 2.29. The van der Waals surface area contributed by atoms with Gasteiger partial charge in [0.25, 0.3) is 0 Å². The first-order valence-corrected chi connectivity index (χ1v) is 8.41. The maximum atomic E-state index is 6.43. The minimum atomic E-state index is 0.507. The molecule has 0 aliphatic heterocycles. The fourth-order valence-corrected chi connectivity index (χ4v) is 2.85. The Hall–Kier alpha value is -0.730. The zero-order valence-corrected chi connectivity index (χ0v) is 15.2. The average Bonchev–Trinajstić information content (AvgIpc) is 2.38. The van der Waals surface area contributed by atoms with E-state index < -0.39 is 0 Å². The molecule has 0 fully saturated rings. The van der Waals surface area contributed by atoms with Gasteiger partial charge in [-0.1, -0.05) is 45.4 Å². The number of halogens is 1. The molecule has 1 aromatic rings. The molecule has 0 amide bonds. The van der Waals surface area contributed by atoms with Gasteiger partial charge in [-0.15, -0.1) is 0 Å². The lowest BCUT2D eigenvalue weighted by Crippen LogP contribution is -2.31. The van der Waals surface area contributed by atoms with Crippen molar-refractivity contribution in [2.75, 3.05) is 18.5 Å². The van der Waals surface area contributed by atoms with E-state index in [1.165, 1.54) is 17.7 Å². The normalized spacial score (nSPS) is 13.0. The number of anilines is 1. The van der Waals surface area contributed by atoms with Crippen LogP contribution in [0.5, 0.6) is 0 Å². The molecule has 1 aromatic carbocycles. The van der Waals surface area contributed by atoms with Gasteiger partial charge in [-0.2, -0.15) is 0 Å². The van der Waals surface area contributed by atoms with E-state index in [2.05, 4.69) is 57.9 Å². The highest BCUT2D eigenvalue weighted by molar-refractivity contribution is 6.31. The topological polar surface area (TPSA) is 15.3 Å². The van der Waals surface area contributed by atoms with Crippen LogP contribution in [0, 0.1) is 11.8 Å². The maximum Gasteiger partial charge on any atom is 0.0471 e. The summed E-state index contributed by atoms with van der Waals surface area (Å²) in [7, 11) is 2.17. The molecule has 0 aliphatic rings. The molecule has 0 spiro atoms. The van der Waals surface area contributed by atoms with Gasteiger partial charge in [0.05, 0.1) is 0 Å². The molecule has 120 valence electrons. The third-order valence-electron chi connectivity index (χ3n) is 3.80. The molecule has 2 nitrogen and oxygen atoms in total. The molecule has 0 radical (unpaired) electrons. The van der Waals surface area contributed by atoms with Crippen molar-refractivity contribution < 1.29 is 0 Å². The first-order chi connectivity index (χ1) is 9.82. The van der Waals surface area contributed by atoms with Crippen molar-refractivity contribution >= 4 is 17.3 Å². The molecule has 0 heterocycles. The van der Waals surface area contributed by atoms with Gasteiger partial charge in [0.2, 0.25) is 0 Å². The Bertz CT molecular complexity index is 429. The molecular weight excluding hydrogens is 280 g/mol. The van der Waals surface area contributed by atoms with Crippen molar-refractivity contribution in [1.82, 2.24) is 5.32 Å². The fraction of sp³-hybridized carbons (Fsp3) is 0.667. The largest absolute Gasteiger partial charge is 0.372 e. The lowest BCUT2D eigenvalue weighted by Gasteiger charge is -2.30. The average molecular weight is 311 g/mol. The van der Waals surface area contributed by atoms with Crippen molar-refractivity contribution in [2.24, 2.45) is 11.8 Å². The first kappa shape index (κ1) is 18.3. The van der Waals surface area contributed by atoms with Crippen LogP contribution < -0.4 is 10.2 Å². The molecule has 0 aromatic heterocycles. The number of hydrogen-bond acceptors (Lipinski definition) is 2. The number of nitrogens with zero attached hydrogens (tertiary/aromatic N) is 1. The van der Waals surface area contributed by atoms with Gasteiger partial charge >= 0.3 is 0 Å². The Labute approximate surface area is 135 Å². The van der Waals surface area contributed by atoms with Gasteiger partial charge < -0.3 is 10.2 Å². The van der Waals surface area contributed by atoms with E-state index in [1.54, 1.807) is 0 Å². The Balaban J connectivity index is 2.87. The van der Waals surface area contributed by atoms with Crippen LogP contribution in [0.1, 0.15) is 46.6 Å². The molecule has 1 rings (SSSR count). The number of rotatable bonds is 8. The molecule has 0 bridgehead atoms. The second-order valence-corrected chi connectivity index (χ2v) is 7.26.